The minimum absolute atomic E-state index is 0.191. The molecule has 0 aliphatic heterocycles. The second-order valence-corrected chi connectivity index (χ2v) is 5.35. The number of methoxy groups -OCH3 is 1. The second kappa shape index (κ2) is 6.80. The fourth-order valence-corrected chi connectivity index (χ4v) is 2.63. The zero-order chi connectivity index (χ0) is 17.1. The zero-order valence-electron chi connectivity index (χ0n) is 13.2. The highest BCUT2D eigenvalue weighted by Crippen LogP contribution is 2.26. The Kier molecular flexibility index (Phi) is 4.57. The summed E-state index contributed by atoms with van der Waals surface area (Å²) in [5.74, 6) is -0.524. The van der Waals surface area contributed by atoms with Crippen molar-refractivity contribution in [1.29, 1.82) is 0 Å². The lowest BCUT2D eigenvalue weighted by molar-refractivity contribution is 0.414. The molecular weight excluding hydrogens is 312 g/mol. The van der Waals surface area contributed by atoms with Gasteiger partial charge in [0, 0.05) is 24.7 Å². The molecule has 0 radical (unpaired) electrons. The number of halogens is 2. The van der Waals surface area contributed by atoms with Crippen LogP contribution < -0.4 is 10.5 Å². The summed E-state index contributed by atoms with van der Waals surface area (Å²) in [7, 11) is 1.61. The van der Waals surface area contributed by atoms with E-state index in [1.165, 1.54) is 12.1 Å². The van der Waals surface area contributed by atoms with Crippen LogP contribution in [0.15, 0.2) is 48.8 Å². The molecule has 124 valence electrons. The Labute approximate surface area is 138 Å². The van der Waals surface area contributed by atoms with Crippen LogP contribution in [0.3, 0.4) is 0 Å². The number of nitrogens with two attached hydrogens (primary N) is 1. The molecule has 0 aliphatic rings. The smallest absolute Gasteiger partial charge is 0.135 e. The summed E-state index contributed by atoms with van der Waals surface area (Å²) in [5, 5.41) is 0. The third-order valence-electron chi connectivity index (χ3n) is 3.81. The lowest BCUT2D eigenvalue weighted by atomic mass is 10.1. The number of imidazole rings is 1. The summed E-state index contributed by atoms with van der Waals surface area (Å²) in [6, 6.07) is 11.1. The first kappa shape index (κ1) is 16.1. The first-order valence-corrected chi connectivity index (χ1v) is 7.44. The van der Waals surface area contributed by atoms with Gasteiger partial charge in [0.15, 0.2) is 0 Å². The van der Waals surface area contributed by atoms with E-state index in [-0.39, 0.29) is 12.1 Å². The average Bonchev–Trinajstić information content (AvgIpc) is 2.97. The van der Waals surface area contributed by atoms with Crippen molar-refractivity contribution in [1.82, 2.24) is 9.55 Å². The van der Waals surface area contributed by atoms with E-state index in [0.29, 0.717) is 17.9 Å². The first-order chi connectivity index (χ1) is 11.6. The van der Waals surface area contributed by atoms with Gasteiger partial charge in [-0.1, -0.05) is 12.1 Å². The molecule has 0 unspecified atom stereocenters. The number of rotatable bonds is 5. The van der Waals surface area contributed by atoms with E-state index in [4.69, 9.17) is 10.5 Å². The number of hydrogen-bond donors (Lipinski definition) is 1. The van der Waals surface area contributed by atoms with Crippen molar-refractivity contribution in [2.75, 3.05) is 7.11 Å². The van der Waals surface area contributed by atoms with E-state index < -0.39 is 11.6 Å². The highest BCUT2D eigenvalue weighted by molar-refractivity contribution is 5.62. The lowest BCUT2D eigenvalue weighted by Gasteiger charge is -2.10. The minimum atomic E-state index is -0.656. The maximum atomic E-state index is 14.0. The normalized spacial score (nSPS) is 10.8. The molecule has 0 spiro atoms. The molecule has 0 fully saturated rings. The molecule has 0 saturated carbocycles. The summed E-state index contributed by atoms with van der Waals surface area (Å²) >= 11 is 0. The van der Waals surface area contributed by atoms with E-state index >= 15 is 0 Å². The SMILES string of the molecule is COc1cccc(Cn2cnc(-c3ccc(F)cc3F)c2CN)c1. The largest absolute Gasteiger partial charge is 0.497 e. The van der Waals surface area contributed by atoms with Crippen LogP contribution in [-0.4, -0.2) is 16.7 Å². The Morgan fingerprint density at radius 1 is 1.17 bits per heavy atom. The second-order valence-electron chi connectivity index (χ2n) is 5.35. The van der Waals surface area contributed by atoms with Crippen LogP contribution in [-0.2, 0) is 13.1 Å². The van der Waals surface area contributed by atoms with E-state index in [2.05, 4.69) is 4.98 Å². The summed E-state index contributed by atoms with van der Waals surface area (Å²) in [5.41, 5.74) is 8.20. The number of hydrogen-bond acceptors (Lipinski definition) is 3. The summed E-state index contributed by atoms with van der Waals surface area (Å²) in [6.45, 7) is 0.718. The molecule has 6 heteroatoms. The molecule has 0 amide bonds. The van der Waals surface area contributed by atoms with Crippen molar-refractivity contribution in [2.24, 2.45) is 5.73 Å². The topological polar surface area (TPSA) is 53.1 Å². The number of nitrogens with zero attached hydrogens (tertiary/aromatic N) is 2. The average molecular weight is 329 g/mol. The molecule has 3 rings (SSSR count). The van der Waals surface area contributed by atoms with Crippen LogP contribution >= 0.6 is 0 Å². The van der Waals surface area contributed by atoms with Crippen molar-refractivity contribution in [2.45, 2.75) is 13.1 Å². The third-order valence-corrected chi connectivity index (χ3v) is 3.81. The fourth-order valence-electron chi connectivity index (χ4n) is 2.63. The van der Waals surface area contributed by atoms with Crippen LogP contribution in [0.25, 0.3) is 11.3 Å². The molecular formula is C18H17F2N3O. The van der Waals surface area contributed by atoms with Crippen molar-refractivity contribution in [3.63, 3.8) is 0 Å². The van der Waals surface area contributed by atoms with Crippen LogP contribution in [0.2, 0.25) is 0 Å². The standard InChI is InChI=1S/C18H17F2N3O/c1-24-14-4-2-3-12(7-14)10-23-11-22-18(17(23)9-21)15-6-5-13(19)8-16(15)20/h2-8,11H,9-10,21H2,1H3. The van der Waals surface area contributed by atoms with Crippen LogP contribution in [0.1, 0.15) is 11.3 Å². The fraction of sp³-hybridized carbons (Fsp3) is 0.167. The molecule has 24 heavy (non-hydrogen) atoms. The van der Waals surface area contributed by atoms with Gasteiger partial charge in [-0.3, -0.25) is 0 Å². The van der Waals surface area contributed by atoms with Gasteiger partial charge in [0.1, 0.15) is 17.4 Å². The molecule has 1 aromatic heterocycles. The van der Waals surface area contributed by atoms with Crippen LogP contribution in [0, 0.1) is 11.6 Å². The van der Waals surface area contributed by atoms with Gasteiger partial charge in [-0.25, -0.2) is 13.8 Å². The molecule has 3 aromatic rings. The maximum absolute atomic E-state index is 14.0. The number of benzene rings is 2. The van der Waals surface area contributed by atoms with Gasteiger partial charge in [-0.05, 0) is 29.8 Å². The van der Waals surface area contributed by atoms with E-state index in [9.17, 15) is 8.78 Å². The van der Waals surface area contributed by atoms with Gasteiger partial charge in [-0.15, -0.1) is 0 Å². The van der Waals surface area contributed by atoms with Crippen molar-refractivity contribution in [3.8, 4) is 17.0 Å². The van der Waals surface area contributed by atoms with E-state index in [1.54, 1.807) is 13.4 Å². The Morgan fingerprint density at radius 3 is 2.71 bits per heavy atom. The number of ether oxygens (including phenoxy) is 1. The zero-order valence-corrected chi connectivity index (χ0v) is 13.2. The van der Waals surface area contributed by atoms with E-state index in [1.807, 2.05) is 28.8 Å². The van der Waals surface area contributed by atoms with Gasteiger partial charge in [0.25, 0.3) is 0 Å². The highest BCUT2D eigenvalue weighted by Gasteiger charge is 2.16. The lowest BCUT2D eigenvalue weighted by Crippen LogP contribution is -2.09. The molecule has 0 atom stereocenters. The molecule has 1 heterocycles. The molecule has 2 aromatic carbocycles. The van der Waals surface area contributed by atoms with Gasteiger partial charge in [0.05, 0.1) is 24.8 Å². The van der Waals surface area contributed by atoms with Gasteiger partial charge in [-0.2, -0.15) is 0 Å². The minimum Gasteiger partial charge on any atom is -0.497 e. The summed E-state index contributed by atoms with van der Waals surface area (Å²) in [4.78, 5) is 4.28. The summed E-state index contributed by atoms with van der Waals surface area (Å²) in [6.07, 6.45) is 1.61. The molecule has 4 nitrogen and oxygen atoms in total. The quantitative estimate of drug-likeness (QED) is 0.781. The van der Waals surface area contributed by atoms with Crippen LogP contribution in [0.4, 0.5) is 8.78 Å². The number of aromatic nitrogens is 2. The maximum Gasteiger partial charge on any atom is 0.135 e. The van der Waals surface area contributed by atoms with Gasteiger partial charge < -0.3 is 15.0 Å². The van der Waals surface area contributed by atoms with Crippen molar-refractivity contribution < 1.29 is 13.5 Å². The van der Waals surface area contributed by atoms with Gasteiger partial charge in [0.2, 0.25) is 0 Å². The highest BCUT2D eigenvalue weighted by atomic mass is 19.1. The van der Waals surface area contributed by atoms with Crippen LogP contribution in [0.5, 0.6) is 5.75 Å². The van der Waals surface area contributed by atoms with Crippen molar-refractivity contribution >= 4 is 0 Å². The molecule has 2 N–H and O–H groups in total. The van der Waals surface area contributed by atoms with Crippen molar-refractivity contribution in [3.05, 3.63) is 71.7 Å². The third kappa shape index (κ3) is 3.14. The molecule has 0 bridgehead atoms. The monoisotopic (exact) mass is 329 g/mol. The Hall–Kier alpha value is -2.73. The predicted octanol–water partition coefficient (Wildman–Crippen LogP) is 3.34. The van der Waals surface area contributed by atoms with Gasteiger partial charge >= 0.3 is 0 Å². The predicted molar refractivity (Wildman–Crippen MR) is 87.6 cm³/mol. The summed E-state index contributed by atoms with van der Waals surface area (Å²) < 4.78 is 34.2. The Morgan fingerprint density at radius 2 is 2.00 bits per heavy atom. The molecule has 0 saturated heterocycles. The Bertz CT molecular complexity index is 861. The molecule has 0 aliphatic carbocycles. The Balaban J connectivity index is 1.97. The van der Waals surface area contributed by atoms with E-state index in [0.717, 1.165) is 17.4 Å². The first-order valence-electron chi connectivity index (χ1n) is 7.44.